The second kappa shape index (κ2) is 8.84. The number of rotatable bonds is 5. The number of pyridine rings is 1. The van der Waals surface area contributed by atoms with Gasteiger partial charge in [-0.05, 0) is 39.9 Å². The van der Waals surface area contributed by atoms with Crippen molar-refractivity contribution < 1.29 is 14.4 Å². The number of carbonyl (C=O) groups excluding carboxylic acids is 3. The number of nitrogens with one attached hydrogen (secondary N) is 1. The zero-order valence-corrected chi connectivity index (χ0v) is 20.9. The van der Waals surface area contributed by atoms with Crippen molar-refractivity contribution >= 4 is 23.9 Å². The van der Waals surface area contributed by atoms with E-state index in [1.165, 1.54) is 11.1 Å². The highest BCUT2D eigenvalue weighted by atomic mass is 16.2. The highest BCUT2D eigenvalue weighted by Crippen LogP contribution is 2.63. The molecule has 0 saturated carbocycles. The highest BCUT2D eigenvalue weighted by Gasteiger charge is 2.67. The smallest absolute Gasteiger partial charge is 0.272 e. The van der Waals surface area contributed by atoms with E-state index in [1.807, 2.05) is 78.9 Å². The Morgan fingerprint density at radius 1 is 0.872 bits per heavy atom. The summed E-state index contributed by atoms with van der Waals surface area (Å²) < 4.78 is 0. The van der Waals surface area contributed by atoms with Crippen LogP contribution in [0.15, 0.2) is 108 Å². The molecule has 0 unspecified atom stereocenters. The van der Waals surface area contributed by atoms with Gasteiger partial charge in [0.1, 0.15) is 0 Å². The third-order valence-electron chi connectivity index (χ3n) is 8.32. The number of imide groups is 1. The van der Waals surface area contributed by atoms with Gasteiger partial charge < -0.3 is 0 Å². The number of hydrazone groups is 1. The van der Waals surface area contributed by atoms with Gasteiger partial charge in [0.05, 0.1) is 29.4 Å². The Morgan fingerprint density at radius 2 is 1.54 bits per heavy atom. The predicted octanol–water partition coefficient (Wildman–Crippen LogP) is 4.04. The zero-order chi connectivity index (χ0) is 26.6. The Kier molecular flexibility index (Phi) is 5.26. The van der Waals surface area contributed by atoms with E-state index >= 15 is 0 Å². The zero-order valence-electron chi connectivity index (χ0n) is 20.9. The summed E-state index contributed by atoms with van der Waals surface area (Å²) in [4.78, 5) is 46.5. The molecule has 0 radical (unpaired) electrons. The third kappa shape index (κ3) is 3.32. The van der Waals surface area contributed by atoms with Crippen LogP contribution in [0.25, 0.3) is 0 Å². The van der Waals surface area contributed by atoms with Crippen LogP contribution in [0.5, 0.6) is 0 Å². The second-order valence-corrected chi connectivity index (χ2v) is 10.2. The molecule has 2 bridgehead atoms. The lowest BCUT2D eigenvalue weighted by atomic mass is 9.47. The SMILES string of the molecule is O=C(N/N=C\C12c3ccccc3C(c3ccccc31)[C@H]1C(=O)N(Cc3ccccc3)C(=O)[C@H]12)c1cccnc1. The van der Waals surface area contributed by atoms with Crippen LogP contribution in [-0.2, 0) is 21.5 Å². The van der Waals surface area contributed by atoms with Crippen LogP contribution in [-0.4, -0.2) is 33.8 Å². The van der Waals surface area contributed by atoms with Crippen molar-refractivity contribution in [1.82, 2.24) is 15.3 Å². The molecule has 1 aliphatic heterocycles. The van der Waals surface area contributed by atoms with Crippen molar-refractivity contribution in [3.63, 3.8) is 0 Å². The number of amides is 3. The Morgan fingerprint density at radius 3 is 2.21 bits per heavy atom. The first-order chi connectivity index (χ1) is 19.1. The van der Waals surface area contributed by atoms with Gasteiger partial charge >= 0.3 is 0 Å². The number of carbonyl (C=O) groups is 3. The molecule has 2 heterocycles. The van der Waals surface area contributed by atoms with Gasteiger partial charge in [-0.2, -0.15) is 5.10 Å². The molecule has 3 amide bonds. The van der Waals surface area contributed by atoms with Crippen LogP contribution < -0.4 is 5.43 Å². The Hall–Kier alpha value is -4.91. The van der Waals surface area contributed by atoms with Crippen LogP contribution in [0.3, 0.4) is 0 Å². The molecule has 4 aromatic rings. The lowest BCUT2D eigenvalue weighted by molar-refractivity contribution is -0.140. The van der Waals surface area contributed by atoms with Crippen molar-refractivity contribution in [2.75, 3.05) is 0 Å². The molecule has 7 nitrogen and oxygen atoms in total. The molecule has 4 aliphatic rings. The summed E-state index contributed by atoms with van der Waals surface area (Å²) in [5, 5.41) is 4.43. The van der Waals surface area contributed by atoms with Crippen LogP contribution in [0.2, 0.25) is 0 Å². The molecule has 3 aromatic carbocycles. The second-order valence-electron chi connectivity index (χ2n) is 10.2. The minimum atomic E-state index is -1.02. The van der Waals surface area contributed by atoms with Gasteiger partial charge in [0.25, 0.3) is 5.91 Å². The molecule has 190 valence electrons. The summed E-state index contributed by atoms with van der Waals surface area (Å²) in [6.07, 6.45) is 4.73. The van der Waals surface area contributed by atoms with Crippen molar-refractivity contribution in [2.24, 2.45) is 16.9 Å². The molecule has 3 aliphatic carbocycles. The molecule has 39 heavy (non-hydrogen) atoms. The van der Waals surface area contributed by atoms with Crippen LogP contribution in [0.4, 0.5) is 0 Å². The van der Waals surface area contributed by atoms with E-state index < -0.39 is 23.2 Å². The fraction of sp³-hybridized carbons (Fsp3) is 0.156. The molecule has 1 N–H and O–H groups in total. The van der Waals surface area contributed by atoms with Gasteiger partial charge in [-0.1, -0.05) is 78.9 Å². The maximum atomic E-state index is 14.2. The number of hydrogen-bond acceptors (Lipinski definition) is 5. The van der Waals surface area contributed by atoms with E-state index in [9.17, 15) is 14.4 Å². The molecule has 1 fully saturated rings. The maximum absolute atomic E-state index is 14.2. The standard InChI is InChI=1S/C32H24N4O3/c37-29(21-11-8-16-33-17-21)35-34-19-32-24-14-6-4-12-22(24)26(23-13-5-7-15-25(23)32)27-28(32)31(39)36(30(27)38)18-20-9-2-1-3-10-20/h1-17,19,26-28H,18H2,(H,35,37)/b34-19-/t26?,27-,28+,32?/m1/s1. The van der Waals surface area contributed by atoms with E-state index in [4.69, 9.17) is 0 Å². The summed E-state index contributed by atoms with van der Waals surface area (Å²) in [6, 6.07) is 28.8. The quantitative estimate of drug-likeness (QED) is 0.248. The molecular formula is C32H24N4O3. The Labute approximate surface area is 225 Å². The first-order valence-corrected chi connectivity index (χ1v) is 12.9. The summed E-state index contributed by atoms with van der Waals surface area (Å²) in [5.74, 6) is -2.26. The number of hydrogen-bond donors (Lipinski definition) is 1. The molecule has 7 heteroatoms. The van der Waals surface area contributed by atoms with Crippen molar-refractivity contribution in [3.8, 4) is 0 Å². The van der Waals surface area contributed by atoms with Crippen LogP contribution >= 0.6 is 0 Å². The topological polar surface area (TPSA) is 91.7 Å². The summed E-state index contributed by atoms with van der Waals surface area (Å²) in [7, 11) is 0. The summed E-state index contributed by atoms with van der Waals surface area (Å²) in [5.41, 5.74) is 6.79. The minimum absolute atomic E-state index is 0.167. The first kappa shape index (κ1) is 23.2. The predicted molar refractivity (Wildman–Crippen MR) is 145 cm³/mol. The minimum Gasteiger partial charge on any atom is -0.278 e. The molecule has 1 saturated heterocycles. The van der Waals surface area contributed by atoms with Crippen molar-refractivity contribution in [1.29, 1.82) is 0 Å². The fourth-order valence-electron chi connectivity index (χ4n) is 6.79. The van der Waals surface area contributed by atoms with E-state index in [1.54, 1.807) is 24.5 Å². The monoisotopic (exact) mass is 512 g/mol. The fourth-order valence-corrected chi connectivity index (χ4v) is 6.79. The Balaban J connectivity index is 1.38. The number of nitrogens with zero attached hydrogens (tertiary/aromatic N) is 3. The van der Waals surface area contributed by atoms with Gasteiger partial charge in [0.15, 0.2) is 0 Å². The Bertz CT molecular complexity index is 1600. The molecule has 2 atom stereocenters. The van der Waals surface area contributed by atoms with Crippen LogP contribution in [0.1, 0.15) is 44.1 Å². The van der Waals surface area contributed by atoms with Gasteiger partial charge in [-0.3, -0.25) is 24.3 Å². The number of likely N-dealkylation sites (tertiary alicyclic amines) is 1. The lowest BCUT2D eigenvalue weighted by Gasteiger charge is -2.52. The largest absolute Gasteiger partial charge is 0.278 e. The number of aromatic nitrogens is 1. The van der Waals surface area contributed by atoms with Crippen LogP contribution in [0, 0.1) is 11.8 Å². The van der Waals surface area contributed by atoms with Crippen molar-refractivity contribution in [2.45, 2.75) is 17.9 Å². The average molecular weight is 513 g/mol. The van der Waals surface area contributed by atoms with E-state index in [2.05, 4.69) is 15.5 Å². The highest BCUT2D eigenvalue weighted by molar-refractivity contribution is 6.11. The molecular weight excluding hydrogens is 488 g/mol. The summed E-state index contributed by atoms with van der Waals surface area (Å²) >= 11 is 0. The third-order valence-corrected chi connectivity index (χ3v) is 8.32. The van der Waals surface area contributed by atoms with E-state index in [0.717, 1.165) is 27.8 Å². The lowest BCUT2D eigenvalue weighted by Crippen LogP contribution is -2.54. The van der Waals surface area contributed by atoms with Gasteiger partial charge in [-0.25, -0.2) is 5.43 Å². The molecule has 8 rings (SSSR count). The van der Waals surface area contributed by atoms with E-state index in [-0.39, 0.29) is 24.3 Å². The average Bonchev–Trinajstić information content (AvgIpc) is 3.24. The van der Waals surface area contributed by atoms with Gasteiger partial charge in [0.2, 0.25) is 11.8 Å². The normalized spacial score (nSPS) is 24.4. The van der Waals surface area contributed by atoms with E-state index in [0.29, 0.717) is 5.56 Å². The summed E-state index contributed by atoms with van der Waals surface area (Å²) in [6.45, 7) is 0.218. The maximum Gasteiger partial charge on any atom is 0.272 e. The van der Waals surface area contributed by atoms with Gasteiger partial charge in [0, 0.05) is 24.5 Å². The van der Waals surface area contributed by atoms with Crippen molar-refractivity contribution in [3.05, 3.63) is 137 Å². The number of benzene rings is 3. The molecule has 1 aromatic heterocycles. The first-order valence-electron chi connectivity index (χ1n) is 12.9. The van der Waals surface area contributed by atoms with Gasteiger partial charge in [-0.15, -0.1) is 0 Å². The molecule has 0 spiro atoms.